The van der Waals surface area contributed by atoms with E-state index < -0.39 is 5.82 Å². The number of carbonyl (C=O) groups is 1. The molecule has 0 unspecified atom stereocenters. The van der Waals surface area contributed by atoms with Crippen LogP contribution in [0.15, 0.2) is 18.2 Å². The third kappa shape index (κ3) is 3.44. The van der Waals surface area contributed by atoms with Crippen LogP contribution in [-0.2, 0) is 11.3 Å². The topological polar surface area (TPSA) is 41.6 Å². The quantitative estimate of drug-likeness (QED) is 0.879. The van der Waals surface area contributed by atoms with Crippen molar-refractivity contribution in [2.24, 2.45) is 0 Å². The minimum atomic E-state index is -0.429. The Kier molecular flexibility index (Phi) is 4.74. The van der Waals surface area contributed by atoms with Gasteiger partial charge < -0.3 is 15.0 Å². The van der Waals surface area contributed by atoms with Gasteiger partial charge in [-0.15, -0.1) is 0 Å². The molecule has 19 heavy (non-hydrogen) atoms. The maximum Gasteiger partial charge on any atom is 0.260 e. The summed E-state index contributed by atoms with van der Waals surface area (Å²) < 4.78 is 19.1. The van der Waals surface area contributed by atoms with Gasteiger partial charge in [0.15, 0.2) is 18.2 Å². The Morgan fingerprint density at radius 2 is 2.16 bits per heavy atom. The fourth-order valence-electron chi connectivity index (χ4n) is 2.24. The Bertz CT molecular complexity index is 445. The molecular weight excluding hydrogens is 247 g/mol. The van der Waals surface area contributed by atoms with Crippen molar-refractivity contribution in [3.05, 3.63) is 29.6 Å². The summed E-state index contributed by atoms with van der Waals surface area (Å²) in [7, 11) is 1.78. The Labute approximate surface area is 112 Å². The van der Waals surface area contributed by atoms with Gasteiger partial charge in [-0.1, -0.05) is 12.1 Å². The SMILES string of the molecule is CNCc1cccc(F)c1OCC(=O)N1CCCC1. The second-order valence-electron chi connectivity index (χ2n) is 4.63. The largest absolute Gasteiger partial charge is 0.480 e. The molecule has 0 radical (unpaired) electrons. The summed E-state index contributed by atoms with van der Waals surface area (Å²) in [5, 5.41) is 2.95. The molecule has 0 bridgehead atoms. The maximum atomic E-state index is 13.7. The summed E-state index contributed by atoms with van der Waals surface area (Å²) in [6.07, 6.45) is 2.08. The van der Waals surface area contributed by atoms with Crippen molar-refractivity contribution in [3.8, 4) is 5.75 Å². The van der Waals surface area contributed by atoms with Gasteiger partial charge in [-0.25, -0.2) is 4.39 Å². The van der Waals surface area contributed by atoms with Crippen LogP contribution >= 0.6 is 0 Å². The van der Waals surface area contributed by atoms with Crippen LogP contribution in [-0.4, -0.2) is 37.6 Å². The summed E-state index contributed by atoms with van der Waals surface area (Å²) in [5.74, 6) is -0.331. The van der Waals surface area contributed by atoms with Crippen LogP contribution in [0.5, 0.6) is 5.75 Å². The lowest BCUT2D eigenvalue weighted by Gasteiger charge is -2.17. The minimum Gasteiger partial charge on any atom is -0.480 e. The first-order chi connectivity index (χ1) is 9.22. The summed E-state index contributed by atoms with van der Waals surface area (Å²) in [6.45, 7) is 1.97. The van der Waals surface area contributed by atoms with E-state index in [9.17, 15) is 9.18 Å². The van der Waals surface area contributed by atoms with E-state index in [1.807, 2.05) is 0 Å². The number of para-hydroxylation sites is 1. The molecule has 1 fully saturated rings. The molecule has 1 aliphatic heterocycles. The zero-order valence-corrected chi connectivity index (χ0v) is 11.1. The second kappa shape index (κ2) is 6.52. The molecule has 1 heterocycles. The number of benzene rings is 1. The van der Waals surface area contributed by atoms with Crippen molar-refractivity contribution >= 4 is 5.91 Å². The number of nitrogens with one attached hydrogen (secondary N) is 1. The predicted octanol–water partition coefficient (Wildman–Crippen LogP) is 1.55. The first kappa shape index (κ1) is 13.8. The standard InChI is InChI=1S/C14H19FN2O2/c1-16-9-11-5-4-6-12(15)14(11)19-10-13(18)17-7-2-3-8-17/h4-6,16H,2-3,7-10H2,1H3. The van der Waals surface area contributed by atoms with Crippen LogP contribution in [0.2, 0.25) is 0 Å². The number of hydrogen-bond donors (Lipinski definition) is 1. The smallest absolute Gasteiger partial charge is 0.260 e. The molecule has 0 atom stereocenters. The van der Waals surface area contributed by atoms with Crippen LogP contribution in [0.3, 0.4) is 0 Å². The molecule has 1 aromatic carbocycles. The van der Waals surface area contributed by atoms with Crippen molar-refractivity contribution in [2.45, 2.75) is 19.4 Å². The lowest BCUT2D eigenvalue weighted by Crippen LogP contribution is -2.32. The Balaban J connectivity index is 1.99. The van der Waals surface area contributed by atoms with Crippen molar-refractivity contribution in [1.82, 2.24) is 10.2 Å². The van der Waals surface area contributed by atoms with Crippen molar-refractivity contribution in [1.29, 1.82) is 0 Å². The Hall–Kier alpha value is -1.62. The first-order valence-corrected chi connectivity index (χ1v) is 6.55. The number of halogens is 1. The number of amides is 1. The molecule has 1 aliphatic rings. The predicted molar refractivity (Wildman–Crippen MR) is 70.5 cm³/mol. The van der Waals surface area contributed by atoms with E-state index in [0.29, 0.717) is 6.54 Å². The molecule has 0 aromatic heterocycles. The highest BCUT2D eigenvalue weighted by Gasteiger charge is 2.19. The normalized spacial score (nSPS) is 14.7. The minimum absolute atomic E-state index is 0.0730. The monoisotopic (exact) mass is 266 g/mol. The zero-order chi connectivity index (χ0) is 13.7. The van der Waals surface area contributed by atoms with Gasteiger partial charge in [0.2, 0.25) is 0 Å². The van der Waals surface area contributed by atoms with Crippen LogP contribution < -0.4 is 10.1 Å². The molecule has 4 nitrogen and oxygen atoms in total. The molecule has 0 saturated carbocycles. The molecule has 2 rings (SSSR count). The van der Waals surface area contributed by atoms with Crippen molar-refractivity contribution in [2.75, 3.05) is 26.7 Å². The van der Waals surface area contributed by atoms with E-state index in [1.165, 1.54) is 6.07 Å². The van der Waals surface area contributed by atoms with Gasteiger partial charge >= 0.3 is 0 Å². The molecule has 1 aromatic rings. The van der Waals surface area contributed by atoms with E-state index in [2.05, 4.69) is 5.32 Å². The molecule has 0 aliphatic carbocycles. The van der Waals surface area contributed by atoms with E-state index in [1.54, 1.807) is 24.1 Å². The number of ether oxygens (including phenoxy) is 1. The zero-order valence-electron chi connectivity index (χ0n) is 11.1. The van der Waals surface area contributed by atoms with E-state index >= 15 is 0 Å². The fraction of sp³-hybridized carbons (Fsp3) is 0.500. The van der Waals surface area contributed by atoms with E-state index in [0.717, 1.165) is 31.5 Å². The van der Waals surface area contributed by atoms with Crippen LogP contribution in [0.1, 0.15) is 18.4 Å². The van der Waals surface area contributed by atoms with Gasteiger partial charge in [0.05, 0.1) is 0 Å². The first-order valence-electron chi connectivity index (χ1n) is 6.55. The third-order valence-electron chi connectivity index (χ3n) is 3.21. The molecule has 1 saturated heterocycles. The fourth-order valence-corrected chi connectivity index (χ4v) is 2.24. The Morgan fingerprint density at radius 3 is 2.84 bits per heavy atom. The number of likely N-dealkylation sites (tertiary alicyclic amines) is 1. The van der Waals surface area contributed by atoms with E-state index in [4.69, 9.17) is 4.74 Å². The van der Waals surface area contributed by atoms with Gasteiger partial charge in [-0.05, 0) is 26.0 Å². The molecule has 0 spiro atoms. The van der Waals surface area contributed by atoms with Gasteiger partial charge in [-0.2, -0.15) is 0 Å². The highest BCUT2D eigenvalue weighted by Crippen LogP contribution is 2.22. The summed E-state index contributed by atoms with van der Waals surface area (Å²) in [6, 6.07) is 4.77. The molecule has 1 N–H and O–H groups in total. The summed E-state index contributed by atoms with van der Waals surface area (Å²) in [4.78, 5) is 13.6. The highest BCUT2D eigenvalue weighted by molar-refractivity contribution is 5.78. The summed E-state index contributed by atoms with van der Waals surface area (Å²) >= 11 is 0. The van der Waals surface area contributed by atoms with Crippen LogP contribution in [0, 0.1) is 5.82 Å². The van der Waals surface area contributed by atoms with Gasteiger partial charge in [-0.3, -0.25) is 4.79 Å². The number of hydrogen-bond acceptors (Lipinski definition) is 3. The average molecular weight is 266 g/mol. The lowest BCUT2D eigenvalue weighted by molar-refractivity contribution is -0.132. The second-order valence-corrected chi connectivity index (χ2v) is 4.63. The number of nitrogens with zero attached hydrogens (tertiary/aromatic N) is 1. The number of carbonyl (C=O) groups excluding carboxylic acids is 1. The maximum absolute atomic E-state index is 13.7. The van der Waals surface area contributed by atoms with Gasteiger partial charge in [0, 0.05) is 25.2 Å². The molecule has 1 amide bonds. The van der Waals surface area contributed by atoms with E-state index in [-0.39, 0.29) is 18.3 Å². The highest BCUT2D eigenvalue weighted by atomic mass is 19.1. The van der Waals surface area contributed by atoms with Gasteiger partial charge in [0.25, 0.3) is 5.91 Å². The van der Waals surface area contributed by atoms with Crippen molar-refractivity contribution in [3.63, 3.8) is 0 Å². The molecule has 104 valence electrons. The van der Waals surface area contributed by atoms with Crippen LogP contribution in [0.4, 0.5) is 4.39 Å². The molecule has 5 heteroatoms. The molecular formula is C14H19FN2O2. The van der Waals surface area contributed by atoms with Crippen molar-refractivity contribution < 1.29 is 13.9 Å². The average Bonchev–Trinajstić information content (AvgIpc) is 2.92. The Morgan fingerprint density at radius 1 is 1.42 bits per heavy atom. The van der Waals surface area contributed by atoms with Crippen LogP contribution in [0.25, 0.3) is 0 Å². The lowest BCUT2D eigenvalue weighted by atomic mass is 10.2. The van der Waals surface area contributed by atoms with Gasteiger partial charge in [0.1, 0.15) is 0 Å². The number of rotatable bonds is 5. The summed E-state index contributed by atoms with van der Waals surface area (Å²) in [5.41, 5.74) is 0.719. The third-order valence-corrected chi connectivity index (χ3v) is 3.21.